The highest BCUT2D eigenvalue weighted by molar-refractivity contribution is 7.99. The van der Waals surface area contributed by atoms with Gasteiger partial charge in [-0.25, -0.2) is 0 Å². The molecule has 0 aliphatic carbocycles. The summed E-state index contributed by atoms with van der Waals surface area (Å²) in [6, 6.07) is 9.96. The van der Waals surface area contributed by atoms with Gasteiger partial charge in [0.05, 0.1) is 12.4 Å². The molecule has 0 N–H and O–H groups in total. The number of esters is 1. The molecule has 1 rings (SSSR count). The summed E-state index contributed by atoms with van der Waals surface area (Å²) in [5.74, 6) is 0.639. The second-order valence-electron chi connectivity index (χ2n) is 4.35. The van der Waals surface area contributed by atoms with Gasteiger partial charge in [-0.1, -0.05) is 36.4 Å². The van der Waals surface area contributed by atoms with E-state index in [-0.39, 0.29) is 18.4 Å². The Bertz CT molecular complexity index is 462. The van der Waals surface area contributed by atoms with Gasteiger partial charge in [-0.05, 0) is 12.5 Å². The van der Waals surface area contributed by atoms with E-state index in [1.165, 1.54) is 22.2 Å². The quantitative estimate of drug-likeness (QED) is 0.519. The second-order valence-corrected chi connectivity index (χ2v) is 5.33. The normalized spacial score (nSPS) is 9.95. The Labute approximate surface area is 130 Å². The van der Waals surface area contributed by atoms with Gasteiger partial charge >= 0.3 is 5.97 Å². The van der Waals surface area contributed by atoms with E-state index in [0.717, 1.165) is 5.75 Å². The summed E-state index contributed by atoms with van der Waals surface area (Å²) >= 11 is 1.53. The van der Waals surface area contributed by atoms with Crippen molar-refractivity contribution in [3.8, 4) is 0 Å². The smallest absolute Gasteiger partial charge is 0.325 e. The Kier molecular flexibility index (Phi) is 8.28. The van der Waals surface area contributed by atoms with Gasteiger partial charge in [-0.15, -0.1) is 18.3 Å². The van der Waals surface area contributed by atoms with Crippen molar-refractivity contribution in [3.63, 3.8) is 0 Å². The molecule has 1 aromatic rings. The first-order chi connectivity index (χ1) is 10.2. The van der Waals surface area contributed by atoms with Gasteiger partial charge in [0.1, 0.15) is 6.54 Å². The molecule has 0 unspecified atom stereocenters. The first-order valence-electron chi connectivity index (χ1n) is 6.83. The Balaban J connectivity index is 2.41. The molecule has 0 aromatic heterocycles. The summed E-state index contributed by atoms with van der Waals surface area (Å²) in [5.41, 5.74) is 1.18. The SMILES string of the molecule is C=CCN(CC(=O)OCC)C(=O)CSCc1ccccc1. The van der Waals surface area contributed by atoms with Crippen molar-refractivity contribution in [2.24, 2.45) is 0 Å². The number of rotatable bonds is 9. The molecule has 0 atom stereocenters. The number of hydrogen-bond donors (Lipinski definition) is 0. The minimum Gasteiger partial charge on any atom is -0.465 e. The molecule has 0 saturated carbocycles. The molecule has 0 aliphatic heterocycles. The van der Waals surface area contributed by atoms with E-state index in [2.05, 4.69) is 6.58 Å². The Morgan fingerprint density at radius 3 is 2.67 bits per heavy atom. The highest BCUT2D eigenvalue weighted by atomic mass is 32.2. The molecule has 0 aliphatic rings. The molecule has 0 bridgehead atoms. The van der Waals surface area contributed by atoms with Crippen LogP contribution in [-0.4, -0.2) is 42.2 Å². The van der Waals surface area contributed by atoms with Crippen LogP contribution in [0, 0.1) is 0 Å². The van der Waals surface area contributed by atoms with Gasteiger partial charge in [0.2, 0.25) is 5.91 Å². The predicted molar refractivity (Wildman–Crippen MR) is 86.0 cm³/mol. The topological polar surface area (TPSA) is 46.6 Å². The van der Waals surface area contributed by atoms with E-state index in [9.17, 15) is 9.59 Å². The van der Waals surface area contributed by atoms with Crippen molar-refractivity contribution in [2.75, 3.05) is 25.4 Å². The van der Waals surface area contributed by atoms with Crippen molar-refractivity contribution < 1.29 is 14.3 Å². The lowest BCUT2D eigenvalue weighted by atomic mass is 10.2. The summed E-state index contributed by atoms with van der Waals surface area (Å²) in [6.45, 7) is 6.00. The van der Waals surface area contributed by atoms with Crippen molar-refractivity contribution in [1.29, 1.82) is 0 Å². The fraction of sp³-hybridized carbons (Fsp3) is 0.375. The zero-order valence-corrected chi connectivity index (χ0v) is 13.1. The zero-order chi connectivity index (χ0) is 15.5. The lowest BCUT2D eigenvalue weighted by molar-refractivity contribution is -0.147. The van der Waals surface area contributed by atoms with Crippen molar-refractivity contribution >= 4 is 23.6 Å². The van der Waals surface area contributed by atoms with Crippen LogP contribution in [0.25, 0.3) is 0 Å². The number of carbonyl (C=O) groups excluding carboxylic acids is 2. The van der Waals surface area contributed by atoms with Crippen molar-refractivity contribution in [3.05, 3.63) is 48.6 Å². The Morgan fingerprint density at radius 1 is 1.33 bits per heavy atom. The molecular weight excluding hydrogens is 286 g/mol. The average Bonchev–Trinajstić information content (AvgIpc) is 2.48. The van der Waals surface area contributed by atoms with Gasteiger partial charge in [0.15, 0.2) is 0 Å². The molecule has 1 amide bonds. The standard InChI is InChI=1S/C16H21NO3S/c1-3-10-17(11-16(19)20-4-2)15(18)13-21-12-14-8-6-5-7-9-14/h3,5-9H,1,4,10-13H2,2H3. The Hall–Kier alpha value is -1.75. The summed E-state index contributed by atoms with van der Waals surface area (Å²) in [4.78, 5) is 25.0. The number of hydrogen-bond acceptors (Lipinski definition) is 4. The lowest BCUT2D eigenvalue weighted by Crippen LogP contribution is -2.37. The lowest BCUT2D eigenvalue weighted by Gasteiger charge is -2.19. The van der Waals surface area contributed by atoms with E-state index < -0.39 is 0 Å². The number of amides is 1. The van der Waals surface area contributed by atoms with Crippen LogP contribution in [0.4, 0.5) is 0 Å². The number of ether oxygens (including phenoxy) is 1. The van der Waals surface area contributed by atoms with Gasteiger partial charge in [-0.3, -0.25) is 9.59 Å². The predicted octanol–water partition coefficient (Wildman–Crippen LogP) is 2.50. The highest BCUT2D eigenvalue weighted by Crippen LogP contribution is 2.12. The minimum absolute atomic E-state index is 0.0232. The first-order valence-corrected chi connectivity index (χ1v) is 7.98. The van der Waals surface area contributed by atoms with E-state index in [4.69, 9.17) is 4.74 Å². The van der Waals surface area contributed by atoms with E-state index in [1.54, 1.807) is 13.0 Å². The van der Waals surface area contributed by atoms with E-state index >= 15 is 0 Å². The largest absolute Gasteiger partial charge is 0.465 e. The molecule has 0 heterocycles. The van der Waals surface area contributed by atoms with Crippen molar-refractivity contribution in [2.45, 2.75) is 12.7 Å². The van der Waals surface area contributed by atoms with Gasteiger partial charge in [-0.2, -0.15) is 0 Å². The highest BCUT2D eigenvalue weighted by Gasteiger charge is 2.16. The minimum atomic E-state index is -0.388. The Morgan fingerprint density at radius 2 is 2.05 bits per heavy atom. The van der Waals surface area contributed by atoms with Crippen LogP contribution in [0.5, 0.6) is 0 Å². The third kappa shape index (κ3) is 6.99. The summed E-state index contributed by atoms with van der Waals surface area (Å²) in [5, 5.41) is 0. The van der Waals surface area contributed by atoms with E-state index in [1.807, 2.05) is 30.3 Å². The molecule has 0 radical (unpaired) electrons. The molecule has 1 aromatic carbocycles. The molecule has 0 spiro atoms. The van der Waals surface area contributed by atoms with Crippen molar-refractivity contribution in [1.82, 2.24) is 4.90 Å². The monoisotopic (exact) mass is 307 g/mol. The van der Waals surface area contributed by atoms with Gasteiger partial charge in [0, 0.05) is 12.3 Å². The molecular formula is C16H21NO3S. The van der Waals surface area contributed by atoms with Crippen LogP contribution in [0.3, 0.4) is 0 Å². The fourth-order valence-corrected chi connectivity index (χ4v) is 2.58. The first kappa shape index (κ1) is 17.3. The molecule has 4 nitrogen and oxygen atoms in total. The number of nitrogens with zero attached hydrogens (tertiary/aromatic N) is 1. The van der Waals surface area contributed by atoms with Crippen LogP contribution in [-0.2, 0) is 20.1 Å². The molecule has 0 saturated heterocycles. The van der Waals surface area contributed by atoms with Crippen LogP contribution < -0.4 is 0 Å². The van der Waals surface area contributed by atoms with Crippen LogP contribution >= 0.6 is 11.8 Å². The van der Waals surface area contributed by atoms with Crippen LogP contribution in [0.15, 0.2) is 43.0 Å². The average molecular weight is 307 g/mol. The second kappa shape index (κ2) is 10.0. The van der Waals surface area contributed by atoms with Crippen LogP contribution in [0.2, 0.25) is 0 Å². The summed E-state index contributed by atoms with van der Waals surface area (Å²) < 4.78 is 4.87. The summed E-state index contributed by atoms with van der Waals surface area (Å²) in [6.07, 6.45) is 1.61. The maximum Gasteiger partial charge on any atom is 0.325 e. The molecule has 0 fully saturated rings. The third-order valence-electron chi connectivity index (χ3n) is 2.66. The zero-order valence-electron chi connectivity index (χ0n) is 12.3. The number of thioether (sulfide) groups is 1. The third-order valence-corrected chi connectivity index (χ3v) is 3.65. The molecule has 21 heavy (non-hydrogen) atoms. The van der Waals surface area contributed by atoms with Gasteiger partial charge in [0.25, 0.3) is 0 Å². The summed E-state index contributed by atoms with van der Waals surface area (Å²) in [7, 11) is 0. The fourth-order valence-electron chi connectivity index (χ4n) is 1.69. The molecule has 114 valence electrons. The molecule has 5 heteroatoms. The van der Waals surface area contributed by atoms with Crippen LogP contribution in [0.1, 0.15) is 12.5 Å². The van der Waals surface area contributed by atoms with E-state index in [0.29, 0.717) is 18.9 Å². The maximum absolute atomic E-state index is 12.1. The number of benzene rings is 1. The van der Waals surface area contributed by atoms with Gasteiger partial charge < -0.3 is 9.64 Å². The maximum atomic E-state index is 12.1. The number of carbonyl (C=O) groups is 2.